The van der Waals surface area contributed by atoms with Crippen molar-refractivity contribution in [1.82, 2.24) is 10.2 Å². The van der Waals surface area contributed by atoms with Crippen molar-refractivity contribution in [2.24, 2.45) is 0 Å². The molecule has 0 saturated carbocycles. The second-order valence-corrected chi connectivity index (χ2v) is 6.17. The number of likely N-dealkylation sites (N-methyl/N-ethyl adjacent to an activating group) is 1. The lowest BCUT2D eigenvalue weighted by Crippen LogP contribution is -2.42. The zero-order chi connectivity index (χ0) is 14.3. The third-order valence-corrected chi connectivity index (χ3v) is 3.62. The molecule has 2 N–H and O–H groups in total. The number of aliphatic hydroxyl groups excluding tert-OH is 1. The molecular weight excluding hydrogens is 260 g/mol. The Hall–Kier alpha value is -1.20. The van der Waals surface area contributed by atoms with E-state index in [9.17, 15) is 9.90 Å². The normalized spacial score (nSPS) is 13.7. The van der Waals surface area contributed by atoms with Crippen LogP contribution in [0, 0.1) is 0 Å². The monoisotopic (exact) mass is 282 g/mol. The summed E-state index contributed by atoms with van der Waals surface area (Å²) in [4.78, 5) is 14.4. The summed E-state index contributed by atoms with van der Waals surface area (Å²) in [6.45, 7) is 4.68. The van der Waals surface area contributed by atoms with Crippen LogP contribution in [0.4, 0.5) is 4.79 Å². The first-order valence-electron chi connectivity index (χ1n) is 6.37. The van der Waals surface area contributed by atoms with Gasteiger partial charge in [-0.1, -0.05) is 25.1 Å². The lowest BCUT2D eigenvalue weighted by atomic mass is 10.4. The Morgan fingerprint density at radius 2 is 2.00 bits per heavy atom. The number of benzene rings is 1. The van der Waals surface area contributed by atoms with Gasteiger partial charge in [-0.3, -0.25) is 0 Å². The number of amides is 2. The maximum Gasteiger partial charge on any atom is 0.317 e. The summed E-state index contributed by atoms with van der Waals surface area (Å²) in [5.41, 5.74) is 0. The molecule has 1 aromatic rings. The fraction of sp³-hybridized carbons (Fsp3) is 0.500. The molecule has 0 saturated heterocycles. The first kappa shape index (κ1) is 15.9. The number of nitrogens with one attached hydrogen (secondary N) is 1. The number of rotatable bonds is 6. The van der Waals surface area contributed by atoms with E-state index in [-0.39, 0.29) is 6.03 Å². The number of aliphatic hydroxyl groups is 1. The van der Waals surface area contributed by atoms with Crippen LogP contribution >= 0.6 is 11.8 Å². The van der Waals surface area contributed by atoms with Gasteiger partial charge in [-0.15, -0.1) is 11.8 Å². The molecule has 2 amide bonds. The summed E-state index contributed by atoms with van der Waals surface area (Å²) >= 11 is 1.73. The average molecular weight is 282 g/mol. The van der Waals surface area contributed by atoms with Crippen molar-refractivity contribution >= 4 is 17.8 Å². The fourth-order valence-corrected chi connectivity index (χ4v) is 2.56. The third kappa shape index (κ3) is 6.50. The van der Waals surface area contributed by atoms with Crippen molar-refractivity contribution in [3.05, 3.63) is 30.3 Å². The topological polar surface area (TPSA) is 52.6 Å². The molecular formula is C14H22N2O2S. The van der Waals surface area contributed by atoms with Gasteiger partial charge in [-0.2, -0.15) is 0 Å². The van der Waals surface area contributed by atoms with E-state index in [1.165, 1.54) is 9.80 Å². The molecule has 1 aromatic carbocycles. The van der Waals surface area contributed by atoms with Crippen molar-refractivity contribution in [2.45, 2.75) is 30.1 Å². The Balaban J connectivity index is 2.30. The smallest absolute Gasteiger partial charge is 0.317 e. The SMILES string of the molecule is CC(O)CN(C)C(=O)NCC(C)Sc1ccccc1. The number of thioether (sulfide) groups is 1. The van der Waals surface area contributed by atoms with Gasteiger partial charge in [-0.05, 0) is 19.1 Å². The van der Waals surface area contributed by atoms with Crippen LogP contribution < -0.4 is 5.32 Å². The molecule has 0 bridgehead atoms. The van der Waals surface area contributed by atoms with Gasteiger partial charge in [0.05, 0.1) is 6.10 Å². The fourth-order valence-electron chi connectivity index (χ4n) is 1.62. The van der Waals surface area contributed by atoms with Gasteiger partial charge in [0.15, 0.2) is 0 Å². The molecule has 2 unspecified atom stereocenters. The molecule has 106 valence electrons. The van der Waals surface area contributed by atoms with Crippen molar-refractivity contribution in [3.63, 3.8) is 0 Å². The highest BCUT2D eigenvalue weighted by atomic mass is 32.2. The summed E-state index contributed by atoms with van der Waals surface area (Å²) in [6.07, 6.45) is -0.508. The van der Waals surface area contributed by atoms with Crippen molar-refractivity contribution < 1.29 is 9.90 Å². The molecule has 0 fully saturated rings. The maximum absolute atomic E-state index is 11.7. The molecule has 0 aliphatic heterocycles. The molecule has 0 aliphatic rings. The number of hydrogen-bond donors (Lipinski definition) is 2. The molecule has 1 rings (SSSR count). The zero-order valence-corrected chi connectivity index (χ0v) is 12.5. The Labute approximate surface area is 119 Å². The highest BCUT2D eigenvalue weighted by molar-refractivity contribution is 8.00. The predicted molar refractivity (Wildman–Crippen MR) is 79.5 cm³/mol. The van der Waals surface area contributed by atoms with Gasteiger partial charge < -0.3 is 15.3 Å². The minimum Gasteiger partial charge on any atom is -0.392 e. The molecule has 2 atom stereocenters. The number of hydrogen-bond acceptors (Lipinski definition) is 3. The molecule has 5 heteroatoms. The minimum absolute atomic E-state index is 0.151. The predicted octanol–water partition coefficient (Wildman–Crippen LogP) is 2.19. The molecule has 19 heavy (non-hydrogen) atoms. The highest BCUT2D eigenvalue weighted by Gasteiger charge is 2.12. The number of urea groups is 1. The Morgan fingerprint density at radius 3 is 2.58 bits per heavy atom. The summed E-state index contributed by atoms with van der Waals surface area (Å²) in [5.74, 6) is 0. The quantitative estimate of drug-likeness (QED) is 0.786. The third-order valence-electron chi connectivity index (χ3n) is 2.51. The highest BCUT2D eigenvalue weighted by Crippen LogP contribution is 2.21. The van der Waals surface area contributed by atoms with Crippen LogP contribution in [-0.2, 0) is 0 Å². The first-order chi connectivity index (χ1) is 8.99. The summed E-state index contributed by atoms with van der Waals surface area (Å²) in [5, 5.41) is 12.4. The van der Waals surface area contributed by atoms with Crippen LogP contribution in [0.25, 0.3) is 0 Å². The van der Waals surface area contributed by atoms with E-state index in [0.717, 1.165) is 0 Å². The van der Waals surface area contributed by atoms with E-state index >= 15 is 0 Å². The summed E-state index contributed by atoms with van der Waals surface area (Å²) in [6, 6.07) is 9.96. The van der Waals surface area contributed by atoms with Gasteiger partial charge >= 0.3 is 6.03 Å². The summed E-state index contributed by atoms with van der Waals surface area (Å²) < 4.78 is 0. The zero-order valence-electron chi connectivity index (χ0n) is 11.7. The summed E-state index contributed by atoms with van der Waals surface area (Å²) in [7, 11) is 1.68. The van der Waals surface area contributed by atoms with E-state index in [2.05, 4.69) is 24.4 Å². The average Bonchev–Trinajstić information content (AvgIpc) is 2.36. The number of carbonyl (C=O) groups excluding carboxylic acids is 1. The van der Waals surface area contributed by atoms with Crippen molar-refractivity contribution in [3.8, 4) is 0 Å². The molecule has 0 aliphatic carbocycles. The molecule has 0 aromatic heterocycles. The van der Waals surface area contributed by atoms with Gasteiger partial charge in [0.2, 0.25) is 0 Å². The van der Waals surface area contributed by atoms with Gasteiger partial charge in [0.25, 0.3) is 0 Å². The van der Waals surface area contributed by atoms with Crippen molar-refractivity contribution in [2.75, 3.05) is 20.1 Å². The van der Waals surface area contributed by atoms with E-state index < -0.39 is 6.10 Å². The van der Waals surface area contributed by atoms with E-state index in [1.807, 2.05) is 18.2 Å². The molecule has 0 heterocycles. The molecule has 4 nitrogen and oxygen atoms in total. The molecule has 0 spiro atoms. The minimum atomic E-state index is -0.508. The van der Waals surface area contributed by atoms with Crippen LogP contribution in [-0.4, -0.2) is 47.5 Å². The second-order valence-electron chi connectivity index (χ2n) is 4.66. The lowest BCUT2D eigenvalue weighted by Gasteiger charge is -2.20. The van der Waals surface area contributed by atoms with Crippen LogP contribution in [0.5, 0.6) is 0 Å². The van der Waals surface area contributed by atoms with E-state index in [1.54, 1.807) is 25.7 Å². The van der Waals surface area contributed by atoms with Crippen LogP contribution in [0.1, 0.15) is 13.8 Å². The Kier molecular flexibility index (Phi) is 6.73. The van der Waals surface area contributed by atoms with Gasteiger partial charge in [0, 0.05) is 30.3 Å². The standard InChI is InChI=1S/C14H22N2O2S/c1-11(17)10-16(3)14(18)15-9-12(2)19-13-7-5-4-6-8-13/h4-8,11-12,17H,9-10H2,1-3H3,(H,15,18). The Morgan fingerprint density at radius 1 is 1.37 bits per heavy atom. The van der Waals surface area contributed by atoms with Gasteiger partial charge in [-0.25, -0.2) is 4.79 Å². The van der Waals surface area contributed by atoms with Crippen molar-refractivity contribution in [1.29, 1.82) is 0 Å². The lowest BCUT2D eigenvalue weighted by molar-refractivity contribution is 0.144. The number of nitrogens with zero attached hydrogens (tertiary/aromatic N) is 1. The second kappa shape index (κ2) is 8.07. The molecule has 0 radical (unpaired) electrons. The largest absolute Gasteiger partial charge is 0.392 e. The number of carbonyl (C=O) groups is 1. The van der Waals surface area contributed by atoms with Crippen LogP contribution in [0.15, 0.2) is 35.2 Å². The first-order valence-corrected chi connectivity index (χ1v) is 7.25. The van der Waals surface area contributed by atoms with Crippen LogP contribution in [0.2, 0.25) is 0 Å². The van der Waals surface area contributed by atoms with Crippen LogP contribution in [0.3, 0.4) is 0 Å². The maximum atomic E-state index is 11.7. The van der Waals surface area contributed by atoms with E-state index in [4.69, 9.17) is 0 Å². The van der Waals surface area contributed by atoms with E-state index in [0.29, 0.717) is 18.3 Å². The Bertz CT molecular complexity index is 384. The van der Waals surface area contributed by atoms with Gasteiger partial charge in [0.1, 0.15) is 0 Å².